The van der Waals surface area contributed by atoms with E-state index in [9.17, 15) is 4.79 Å². The Morgan fingerprint density at radius 1 is 0.733 bits per heavy atom. The van der Waals surface area contributed by atoms with Crippen LogP contribution in [0.25, 0.3) is 23.8 Å². The Balaban J connectivity index is 1.76. The van der Waals surface area contributed by atoms with Gasteiger partial charge in [0.1, 0.15) is 5.57 Å². The number of hydrogen-bond acceptors (Lipinski definition) is 2. The van der Waals surface area contributed by atoms with Crippen molar-refractivity contribution in [3.8, 4) is 0 Å². The minimum absolute atomic E-state index is 0.348. The molecule has 0 spiro atoms. The van der Waals surface area contributed by atoms with Gasteiger partial charge >= 0.3 is 5.97 Å². The maximum absolute atomic E-state index is 12.9. The highest BCUT2D eigenvalue weighted by Gasteiger charge is 2.17. The van der Waals surface area contributed by atoms with E-state index in [0.29, 0.717) is 23.2 Å². The molecule has 6 nitrogen and oxygen atoms in total. The van der Waals surface area contributed by atoms with Crippen LogP contribution < -0.4 is 21.4 Å². The van der Waals surface area contributed by atoms with E-state index in [0.717, 1.165) is 39.5 Å². The van der Waals surface area contributed by atoms with Crippen LogP contribution in [0.1, 0.15) is 36.1 Å². The molecule has 8 bridgehead atoms. The number of carbonyl (C=O) groups excluding carboxylic acids is 1. The fourth-order valence-corrected chi connectivity index (χ4v) is 3.61. The lowest BCUT2D eigenvalue weighted by Gasteiger charge is -2.05. The summed E-state index contributed by atoms with van der Waals surface area (Å²) in [4.78, 5) is 26.3. The van der Waals surface area contributed by atoms with Gasteiger partial charge in [-0.05, 0) is 73.2 Å². The van der Waals surface area contributed by atoms with Crippen LogP contribution in [-0.4, -0.2) is 32.5 Å². The summed E-state index contributed by atoms with van der Waals surface area (Å²) in [5.74, 6) is -0.348. The van der Waals surface area contributed by atoms with Crippen LogP contribution in [0.15, 0.2) is 48.5 Å². The zero-order chi connectivity index (χ0) is 20.5. The minimum atomic E-state index is -0.348. The molecule has 30 heavy (non-hydrogen) atoms. The lowest BCUT2D eigenvalue weighted by molar-refractivity contribution is -0.136. The molecule has 0 fully saturated rings. The molecule has 0 aliphatic carbocycles. The molecule has 0 aromatic carbocycles. The standard InChI is InChI=1S/C24H22N4O2/c1-2-11-30-24(29)23-21-9-7-19(27-21)13-17-5-3-15(25-17)12-16-4-6-18(26-16)14-20-8-10-22(23)28-20/h3-10,12-14,25-28H,2,11H2,1H3. The van der Waals surface area contributed by atoms with Crippen LogP contribution in [-0.2, 0) is 9.53 Å². The lowest BCUT2D eigenvalue weighted by atomic mass is 10.2. The Labute approximate surface area is 172 Å². The van der Waals surface area contributed by atoms with Gasteiger partial charge in [-0.1, -0.05) is 6.92 Å². The van der Waals surface area contributed by atoms with Crippen LogP contribution >= 0.6 is 0 Å². The second-order valence-electron chi connectivity index (χ2n) is 7.34. The SMILES string of the molecule is CCCOC(=O)C1=c2ccc([nH]2)=Cc2ccc([nH]2)C=c2ccc([nH]2)=Cc2ccc1[nH]2. The highest BCUT2D eigenvalue weighted by Crippen LogP contribution is 2.14. The Kier molecular flexibility index (Phi) is 4.52. The van der Waals surface area contributed by atoms with Gasteiger partial charge in [-0.15, -0.1) is 0 Å². The predicted octanol–water partition coefficient (Wildman–Crippen LogP) is 0.951. The molecular weight excluding hydrogens is 376 g/mol. The van der Waals surface area contributed by atoms with Gasteiger partial charge in [0.15, 0.2) is 0 Å². The highest BCUT2D eigenvalue weighted by molar-refractivity contribution is 6.15. The molecule has 150 valence electrons. The maximum atomic E-state index is 12.9. The molecular formula is C24H22N4O2. The van der Waals surface area contributed by atoms with E-state index in [1.165, 1.54) is 0 Å². The van der Waals surface area contributed by atoms with Gasteiger partial charge in [0, 0.05) is 33.1 Å². The van der Waals surface area contributed by atoms with Crippen LogP contribution in [0.4, 0.5) is 0 Å². The van der Waals surface area contributed by atoms with E-state index < -0.39 is 0 Å². The van der Waals surface area contributed by atoms with Crippen molar-refractivity contribution in [3.05, 3.63) is 92.7 Å². The number of H-pyrrole nitrogens is 4. The summed E-state index contributed by atoms with van der Waals surface area (Å²) in [5, 5.41) is 3.58. The second-order valence-corrected chi connectivity index (χ2v) is 7.34. The zero-order valence-corrected chi connectivity index (χ0v) is 16.6. The second kappa shape index (κ2) is 7.48. The number of carbonyl (C=O) groups is 1. The van der Waals surface area contributed by atoms with Crippen molar-refractivity contribution in [2.75, 3.05) is 6.61 Å². The fraction of sp³-hybridized carbons (Fsp3) is 0.125. The molecule has 1 aliphatic rings. The summed E-state index contributed by atoms with van der Waals surface area (Å²) in [5.41, 5.74) is 4.07. The van der Waals surface area contributed by atoms with Crippen molar-refractivity contribution in [2.45, 2.75) is 13.3 Å². The third-order valence-corrected chi connectivity index (χ3v) is 4.99. The molecule has 1 aliphatic heterocycles. The van der Waals surface area contributed by atoms with Crippen molar-refractivity contribution in [3.63, 3.8) is 0 Å². The molecule has 4 aromatic rings. The van der Waals surface area contributed by atoms with Crippen LogP contribution in [0.5, 0.6) is 0 Å². The fourth-order valence-electron chi connectivity index (χ4n) is 3.61. The van der Waals surface area contributed by atoms with Crippen molar-refractivity contribution >= 4 is 29.8 Å². The summed E-state index contributed by atoms with van der Waals surface area (Å²) >= 11 is 0. The number of fused-ring (bicyclic) bond motifs is 8. The van der Waals surface area contributed by atoms with E-state index >= 15 is 0 Å². The largest absolute Gasteiger partial charge is 0.462 e. The van der Waals surface area contributed by atoms with E-state index in [-0.39, 0.29) is 5.97 Å². The Morgan fingerprint density at radius 2 is 1.33 bits per heavy atom. The van der Waals surface area contributed by atoms with E-state index in [1.54, 1.807) is 0 Å². The number of esters is 1. The van der Waals surface area contributed by atoms with Crippen molar-refractivity contribution in [1.29, 1.82) is 0 Å². The maximum Gasteiger partial charge on any atom is 0.342 e. The van der Waals surface area contributed by atoms with Gasteiger partial charge in [-0.3, -0.25) is 0 Å². The smallest absolute Gasteiger partial charge is 0.342 e. The molecule has 4 aromatic heterocycles. The average molecular weight is 398 g/mol. The first kappa shape index (κ1) is 18.1. The zero-order valence-electron chi connectivity index (χ0n) is 16.6. The summed E-state index contributed by atoms with van der Waals surface area (Å²) in [6, 6.07) is 15.8. The van der Waals surface area contributed by atoms with E-state index in [4.69, 9.17) is 4.74 Å². The lowest BCUT2D eigenvalue weighted by Crippen LogP contribution is -2.21. The summed E-state index contributed by atoms with van der Waals surface area (Å²) < 4.78 is 5.46. The monoisotopic (exact) mass is 398 g/mol. The third-order valence-electron chi connectivity index (χ3n) is 4.99. The number of hydrogen-bond donors (Lipinski definition) is 4. The molecule has 5 heterocycles. The predicted molar refractivity (Wildman–Crippen MR) is 116 cm³/mol. The highest BCUT2D eigenvalue weighted by atomic mass is 16.5. The van der Waals surface area contributed by atoms with Crippen molar-refractivity contribution in [1.82, 2.24) is 19.9 Å². The first-order chi connectivity index (χ1) is 14.7. The third kappa shape index (κ3) is 3.55. The van der Waals surface area contributed by atoms with Crippen molar-refractivity contribution < 1.29 is 9.53 Å². The molecule has 0 radical (unpaired) electrons. The van der Waals surface area contributed by atoms with E-state index in [1.807, 2.05) is 67.6 Å². The van der Waals surface area contributed by atoms with Gasteiger partial charge < -0.3 is 24.7 Å². The topological polar surface area (TPSA) is 89.5 Å². The minimum Gasteiger partial charge on any atom is -0.462 e. The molecule has 0 amide bonds. The van der Waals surface area contributed by atoms with Crippen LogP contribution in [0.3, 0.4) is 0 Å². The summed E-state index contributed by atoms with van der Waals surface area (Å²) in [6.07, 6.45) is 6.86. The number of ether oxygens (including phenoxy) is 1. The van der Waals surface area contributed by atoms with Gasteiger partial charge in [0.2, 0.25) is 0 Å². The Morgan fingerprint density at radius 3 is 2.03 bits per heavy atom. The first-order valence-corrected chi connectivity index (χ1v) is 10.0. The molecule has 6 heteroatoms. The molecule has 4 N–H and O–H groups in total. The van der Waals surface area contributed by atoms with Crippen LogP contribution in [0, 0.1) is 0 Å². The molecule has 0 unspecified atom stereocenters. The quantitative estimate of drug-likeness (QED) is 0.387. The first-order valence-electron chi connectivity index (χ1n) is 10.0. The Bertz CT molecular complexity index is 1460. The van der Waals surface area contributed by atoms with E-state index in [2.05, 4.69) is 26.0 Å². The van der Waals surface area contributed by atoms with Gasteiger partial charge in [0.25, 0.3) is 0 Å². The van der Waals surface area contributed by atoms with Gasteiger partial charge in [-0.25, -0.2) is 4.79 Å². The van der Waals surface area contributed by atoms with Crippen molar-refractivity contribution in [2.24, 2.45) is 0 Å². The molecule has 0 atom stereocenters. The average Bonchev–Trinajstić information content (AvgIpc) is 3.51. The van der Waals surface area contributed by atoms with Gasteiger partial charge in [-0.2, -0.15) is 0 Å². The summed E-state index contributed by atoms with van der Waals surface area (Å²) in [6.45, 7) is 2.36. The number of aromatic amines is 4. The van der Waals surface area contributed by atoms with Gasteiger partial charge in [0.05, 0.1) is 17.6 Å². The summed E-state index contributed by atoms with van der Waals surface area (Å²) in [7, 11) is 0. The number of aromatic nitrogens is 4. The normalized spacial score (nSPS) is 12.6. The number of nitrogens with one attached hydrogen (secondary N) is 4. The Hall–Kier alpha value is -3.93. The molecule has 0 saturated heterocycles. The molecule has 0 saturated carbocycles. The molecule has 5 rings (SSSR count). The van der Waals surface area contributed by atoms with Crippen LogP contribution in [0.2, 0.25) is 0 Å². The number of rotatable bonds is 3.